The quantitative estimate of drug-likeness (QED) is 0.0501. The fourth-order valence-electron chi connectivity index (χ4n) is 11.9. The van der Waals surface area contributed by atoms with Crippen molar-refractivity contribution in [2.24, 2.45) is 10.8 Å². The molecule has 1 saturated heterocycles. The standard InChI is InChI=1S/C68H90N8O11/c1-40(69-12)58(77)72-56(66(3,4)5)63(82)76-38-49(36-55(76)61(80)71-53-27-19-23-44-21-15-17-25-51(44)53)85-39-42-28-30-45(31-29-42)64(83)86-48-33-32-46-35-54(60(79)70-52-26-18-22-43-20-14-16-24-50(43)52)75(37-47(46)34-48)62(81)57(67(6,7)8)73-59(78)41(2)74(13)65(84)87-68(9,10)11/h14-17,20-21,24-25,28-34,40-41,49,52-57,69H,18-19,22-23,26-27,35-39H2,1-13H3,(H,70,79)(H,71,80)(H,72,77)(H,73,78)/t40-,41-,49-,52+,53+,54-,55-,56+,57+/m0/s1. The van der Waals surface area contributed by atoms with Crippen LogP contribution in [0.3, 0.4) is 0 Å². The molecule has 0 unspecified atom stereocenters. The Morgan fingerprint density at radius 3 is 1.74 bits per heavy atom. The van der Waals surface area contributed by atoms with Gasteiger partial charge in [-0.1, -0.05) is 108 Å². The van der Waals surface area contributed by atoms with Gasteiger partial charge in [-0.3, -0.25) is 33.7 Å². The van der Waals surface area contributed by atoms with Crippen LogP contribution in [0.15, 0.2) is 91.0 Å². The highest BCUT2D eigenvalue weighted by Crippen LogP contribution is 2.36. The van der Waals surface area contributed by atoms with E-state index in [2.05, 4.69) is 38.7 Å². The molecule has 9 atom stereocenters. The molecule has 7 amide bonds. The van der Waals surface area contributed by atoms with Crippen molar-refractivity contribution in [2.75, 3.05) is 20.6 Å². The van der Waals surface area contributed by atoms with Crippen LogP contribution in [0.2, 0.25) is 0 Å². The molecule has 4 aromatic rings. The van der Waals surface area contributed by atoms with Crippen LogP contribution in [-0.2, 0) is 70.7 Å². The molecule has 2 heterocycles. The third-order valence-electron chi connectivity index (χ3n) is 17.3. The van der Waals surface area contributed by atoms with Crippen LogP contribution >= 0.6 is 0 Å². The first-order valence-corrected chi connectivity index (χ1v) is 30.7. The molecule has 4 aliphatic rings. The molecule has 0 radical (unpaired) electrons. The van der Waals surface area contributed by atoms with Gasteiger partial charge in [0.2, 0.25) is 35.4 Å². The summed E-state index contributed by atoms with van der Waals surface area (Å²) in [5.41, 5.74) is 4.54. The van der Waals surface area contributed by atoms with Crippen LogP contribution in [0.5, 0.6) is 5.75 Å². The van der Waals surface area contributed by atoms with E-state index < -0.39 is 82.7 Å². The number of esters is 1. The van der Waals surface area contributed by atoms with Crippen LogP contribution in [0.4, 0.5) is 4.79 Å². The van der Waals surface area contributed by atoms with Crippen molar-refractivity contribution in [2.45, 2.75) is 201 Å². The number of likely N-dealkylation sites (N-methyl/N-ethyl adjacent to an activating group) is 2. The SMILES string of the molecule is CN[C@@H](C)C(=O)N[C@H](C(=O)N1C[C@@H](OCc2ccc(C(=O)Oc3ccc4c(c3)CN(C(=O)[C@@H](NC(=O)[C@H](C)N(C)C(=O)OC(C)(C)C)C(C)(C)C)[C@H](C(=O)N[C@@H]3CCCc5ccccc53)C4)cc2)C[C@H]1C(=O)N[C@@H]1CCCc2ccccc21)C(C)(C)C. The van der Waals surface area contributed by atoms with Crippen molar-refractivity contribution in [1.82, 2.24) is 41.3 Å². The van der Waals surface area contributed by atoms with Gasteiger partial charge in [0, 0.05) is 33.0 Å². The van der Waals surface area contributed by atoms with E-state index in [1.54, 1.807) is 89.0 Å². The molecule has 0 saturated carbocycles. The van der Waals surface area contributed by atoms with E-state index >= 15 is 4.79 Å². The van der Waals surface area contributed by atoms with E-state index in [9.17, 15) is 33.6 Å². The number of likely N-dealkylation sites (tertiary alicyclic amines) is 1. The summed E-state index contributed by atoms with van der Waals surface area (Å²) in [4.78, 5) is 117. The first-order valence-electron chi connectivity index (χ1n) is 30.7. The summed E-state index contributed by atoms with van der Waals surface area (Å²) in [7, 11) is 3.13. The van der Waals surface area contributed by atoms with Crippen LogP contribution in [0, 0.1) is 10.8 Å². The minimum Gasteiger partial charge on any atom is -0.444 e. The topological polar surface area (TPSA) is 234 Å². The lowest BCUT2D eigenvalue weighted by molar-refractivity contribution is -0.147. The van der Waals surface area contributed by atoms with Crippen molar-refractivity contribution < 1.29 is 52.6 Å². The number of carbonyl (C=O) groups is 8. The fourth-order valence-corrected chi connectivity index (χ4v) is 11.9. The number of rotatable bonds is 17. The summed E-state index contributed by atoms with van der Waals surface area (Å²) < 4.78 is 18.0. The van der Waals surface area contributed by atoms with Gasteiger partial charge in [-0.15, -0.1) is 0 Å². The van der Waals surface area contributed by atoms with Crippen molar-refractivity contribution in [3.05, 3.63) is 136 Å². The second kappa shape index (κ2) is 27.2. The van der Waals surface area contributed by atoms with E-state index in [-0.39, 0.29) is 79.6 Å². The number of carbonyl (C=O) groups excluding carboxylic acids is 8. The summed E-state index contributed by atoms with van der Waals surface area (Å²) in [6.07, 6.45) is 4.27. The fraction of sp³-hybridized carbons (Fsp3) is 0.529. The highest BCUT2D eigenvalue weighted by atomic mass is 16.6. The van der Waals surface area contributed by atoms with E-state index in [1.807, 2.05) is 77.9 Å². The number of hydrogen-bond acceptors (Lipinski definition) is 12. The zero-order valence-electron chi connectivity index (χ0n) is 53.0. The number of nitrogens with zero attached hydrogens (tertiary/aromatic N) is 3. The summed E-state index contributed by atoms with van der Waals surface area (Å²) in [6.45, 7) is 19.8. The molecule has 2 aliphatic heterocycles. The maximum Gasteiger partial charge on any atom is 0.410 e. The van der Waals surface area contributed by atoms with E-state index in [0.717, 1.165) is 60.8 Å². The molecule has 19 nitrogen and oxygen atoms in total. The van der Waals surface area contributed by atoms with Gasteiger partial charge in [-0.05, 0) is 154 Å². The van der Waals surface area contributed by atoms with Gasteiger partial charge in [0.05, 0.1) is 36.4 Å². The van der Waals surface area contributed by atoms with Crippen LogP contribution in [0.25, 0.3) is 0 Å². The Morgan fingerprint density at radius 2 is 1.18 bits per heavy atom. The Morgan fingerprint density at radius 1 is 0.644 bits per heavy atom. The van der Waals surface area contributed by atoms with Crippen molar-refractivity contribution in [1.29, 1.82) is 0 Å². The number of ether oxygens (including phenoxy) is 3. The molecule has 468 valence electrons. The average Bonchev–Trinajstić information content (AvgIpc) is 2.18. The Balaban J connectivity index is 0.968. The predicted molar refractivity (Wildman–Crippen MR) is 330 cm³/mol. The van der Waals surface area contributed by atoms with E-state index in [0.29, 0.717) is 5.56 Å². The van der Waals surface area contributed by atoms with Crippen molar-refractivity contribution >= 4 is 47.5 Å². The molecule has 0 spiro atoms. The number of fused-ring (bicyclic) bond motifs is 3. The maximum atomic E-state index is 15.2. The van der Waals surface area contributed by atoms with Crippen molar-refractivity contribution in [3.8, 4) is 5.75 Å². The van der Waals surface area contributed by atoms with Gasteiger partial charge in [0.15, 0.2) is 0 Å². The molecule has 1 fully saturated rings. The van der Waals surface area contributed by atoms with Crippen LogP contribution in [0.1, 0.15) is 170 Å². The monoisotopic (exact) mass is 1190 g/mol. The van der Waals surface area contributed by atoms with E-state index in [4.69, 9.17) is 14.2 Å². The van der Waals surface area contributed by atoms with Gasteiger partial charge < -0.3 is 50.6 Å². The van der Waals surface area contributed by atoms with Crippen LogP contribution in [-0.4, -0.2) is 131 Å². The number of amides is 7. The maximum absolute atomic E-state index is 15.2. The lowest BCUT2D eigenvalue weighted by Crippen LogP contribution is -2.62. The smallest absolute Gasteiger partial charge is 0.410 e. The molecular weight excluding hydrogens is 1100 g/mol. The molecule has 0 bridgehead atoms. The van der Waals surface area contributed by atoms with Gasteiger partial charge in [0.1, 0.15) is 41.6 Å². The van der Waals surface area contributed by atoms with Crippen molar-refractivity contribution in [3.63, 3.8) is 0 Å². The number of hydrogen-bond donors (Lipinski definition) is 5. The highest BCUT2D eigenvalue weighted by Gasteiger charge is 2.47. The Kier molecular flexibility index (Phi) is 20.4. The number of benzene rings is 4. The molecule has 2 aliphatic carbocycles. The molecule has 8 rings (SSSR count). The molecular formula is C68H90N8O11. The van der Waals surface area contributed by atoms with Gasteiger partial charge in [0.25, 0.3) is 0 Å². The Bertz CT molecular complexity index is 3200. The summed E-state index contributed by atoms with van der Waals surface area (Å²) in [5.74, 6) is -2.82. The molecule has 5 N–H and O–H groups in total. The van der Waals surface area contributed by atoms with E-state index in [1.165, 1.54) is 28.0 Å². The summed E-state index contributed by atoms with van der Waals surface area (Å²) >= 11 is 0. The molecule has 19 heteroatoms. The normalized spacial score (nSPS) is 20.6. The zero-order chi connectivity index (χ0) is 63.3. The third-order valence-corrected chi connectivity index (χ3v) is 17.3. The Labute approximate surface area is 512 Å². The second-order valence-corrected chi connectivity index (χ2v) is 27.1. The predicted octanol–water partition coefficient (Wildman–Crippen LogP) is 7.96. The highest BCUT2D eigenvalue weighted by molar-refractivity contribution is 5.96. The first kappa shape index (κ1) is 65.3. The minimum atomic E-state index is -1.13. The number of nitrogens with one attached hydrogen (secondary N) is 5. The van der Waals surface area contributed by atoms with Gasteiger partial charge in [-0.2, -0.15) is 0 Å². The largest absolute Gasteiger partial charge is 0.444 e. The minimum absolute atomic E-state index is 0.0412. The van der Waals surface area contributed by atoms with Gasteiger partial charge in [-0.25, -0.2) is 9.59 Å². The first-order chi connectivity index (χ1) is 41.0. The zero-order valence-corrected chi connectivity index (χ0v) is 53.0. The third kappa shape index (κ3) is 15.9. The summed E-state index contributed by atoms with van der Waals surface area (Å²) in [5, 5.41) is 15.3. The van der Waals surface area contributed by atoms with Crippen LogP contribution < -0.4 is 31.3 Å². The average molecular weight is 1200 g/mol. The van der Waals surface area contributed by atoms with Gasteiger partial charge >= 0.3 is 12.1 Å². The lowest BCUT2D eigenvalue weighted by atomic mass is 9.83. The molecule has 87 heavy (non-hydrogen) atoms. The summed E-state index contributed by atoms with van der Waals surface area (Å²) in [6, 6.07) is 22.1. The number of aryl methyl sites for hydroxylation is 2. The second-order valence-electron chi connectivity index (χ2n) is 27.1. The Hall–Kier alpha value is -7.64. The molecule has 4 aromatic carbocycles. The lowest BCUT2D eigenvalue weighted by Gasteiger charge is -2.42. The molecule has 0 aromatic heterocycles.